The Hall–Kier alpha value is -1.94. The molecule has 2 rings (SSSR count). The van der Waals surface area contributed by atoms with Gasteiger partial charge in [0.15, 0.2) is 0 Å². The summed E-state index contributed by atoms with van der Waals surface area (Å²) in [4.78, 5) is 3.12. The normalized spacial score (nSPS) is 10.2. The van der Waals surface area contributed by atoms with Gasteiger partial charge in [0.05, 0.1) is 12.8 Å². The summed E-state index contributed by atoms with van der Waals surface area (Å²) >= 11 is 0. The number of anilines is 1. The third kappa shape index (κ3) is 2.79. The summed E-state index contributed by atoms with van der Waals surface area (Å²) in [5.74, 6) is 0.849. The van der Waals surface area contributed by atoms with E-state index in [4.69, 9.17) is 10.5 Å². The number of hydrogen-bond acceptors (Lipinski definition) is 3. The second-order valence-electron chi connectivity index (χ2n) is 3.79. The van der Waals surface area contributed by atoms with Gasteiger partial charge in [0.2, 0.25) is 0 Å². The summed E-state index contributed by atoms with van der Waals surface area (Å²) in [6.45, 7) is 1.28. The largest absolute Gasteiger partial charge is 0.495 e. The molecule has 1 aromatic heterocycles. The van der Waals surface area contributed by atoms with Gasteiger partial charge in [-0.05, 0) is 23.8 Å². The van der Waals surface area contributed by atoms with Gasteiger partial charge in [-0.2, -0.15) is 0 Å². The first-order valence-electron chi connectivity index (χ1n) is 5.56. The van der Waals surface area contributed by atoms with E-state index < -0.39 is 0 Å². The number of aromatic amines is 1. The highest BCUT2D eigenvalue weighted by Gasteiger charge is 2.02. The molecular formula is C13H17N3O. The molecule has 2 aromatic rings. The van der Waals surface area contributed by atoms with Gasteiger partial charge in [0, 0.05) is 25.0 Å². The predicted octanol–water partition coefficient (Wildman–Crippen LogP) is 2.09. The number of H-pyrrole nitrogens is 1. The van der Waals surface area contributed by atoms with Crippen molar-refractivity contribution in [1.29, 1.82) is 0 Å². The van der Waals surface area contributed by atoms with Crippen molar-refractivity contribution in [2.24, 2.45) is 5.73 Å². The zero-order chi connectivity index (χ0) is 12.1. The molecule has 0 aliphatic carbocycles. The van der Waals surface area contributed by atoms with Crippen molar-refractivity contribution in [1.82, 2.24) is 4.98 Å². The van der Waals surface area contributed by atoms with Gasteiger partial charge in [0.1, 0.15) is 5.75 Å². The summed E-state index contributed by atoms with van der Waals surface area (Å²) in [6.07, 6.45) is 1.96. The molecule has 0 amide bonds. The molecule has 17 heavy (non-hydrogen) atoms. The first-order valence-corrected chi connectivity index (χ1v) is 5.56. The second-order valence-corrected chi connectivity index (χ2v) is 3.79. The Labute approximate surface area is 101 Å². The van der Waals surface area contributed by atoms with Crippen LogP contribution in [0.25, 0.3) is 0 Å². The highest BCUT2D eigenvalue weighted by Crippen LogP contribution is 2.23. The summed E-state index contributed by atoms with van der Waals surface area (Å²) in [7, 11) is 1.67. The fourth-order valence-corrected chi connectivity index (χ4v) is 1.70. The second kappa shape index (κ2) is 5.41. The molecule has 4 nitrogen and oxygen atoms in total. The molecular weight excluding hydrogens is 214 g/mol. The lowest BCUT2D eigenvalue weighted by molar-refractivity contribution is 0.416. The van der Waals surface area contributed by atoms with E-state index in [2.05, 4.69) is 16.4 Å². The number of hydrogen-bond donors (Lipinski definition) is 3. The van der Waals surface area contributed by atoms with Crippen molar-refractivity contribution < 1.29 is 4.74 Å². The van der Waals surface area contributed by atoms with Crippen molar-refractivity contribution in [3.8, 4) is 5.75 Å². The van der Waals surface area contributed by atoms with Crippen LogP contribution in [0.1, 0.15) is 11.3 Å². The molecule has 0 saturated carbocycles. The zero-order valence-electron chi connectivity index (χ0n) is 9.86. The average molecular weight is 231 g/mol. The van der Waals surface area contributed by atoms with Gasteiger partial charge in [-0.1, -0.05) is 12.1 Å². The van der Waals surface area contributed by atoms with Crippen LogP contribution in [-0.4, -0.2) is 12.1 Å². The lowest BCUT2D eigenvalue weighted by atomic mass is 10.2. The van der Waals surface area contributed by atoms with Crippen molar-refractivity contribution in [3.63, 3.8) is 0 Å². The highest BCUT2D eigenvalue weighted by molar-refractivity contribution is 5.56. The Morgan fingerprint density at radius 3 is 2.88 bits per heavy atom. The molecule has 4 N–H and O–H groups in total. The van der Waals surface area contributed by atoms with Gasteiger partial charge >= 0.3 is 0 Å². The van der Waals surface area contributed by atoms with E-state index in [1.165, 1.54) is 5.56 Å². The summed E-state index contributed by atoms with van der Waals surface area (Å²) in [5.41, 5.74) is 8.76. The Balaban J connectivity index is 2.01. The summed E-state index contributed by atoms with van der Waals surface area (Å²) in [5, 5.41) is 3.33. The monoisotopic (exact) mass is 231 g/mol. The summed E-state index contributed by atoms with van der Waals surface area (Å²) in [6, 6.07) is 9.92. The molecule has 1 heterocycles. The van der Waals surface area contributed by atoms with Gasteiger partial charge in [-0.15, -0.1) is 0 Å². The first kappa shape index (κ1) is 11.5. The Morgan fingerprint density at radius 2 is 2.18 bits per heavy atom. The predicted molar refractivity (Wildman–Crippen MR) is 69.0 cm³/mol. The molecule has 1 aromatic carbocycles. The van der Waals surface area contributed by atoms with Crippen LogP contribution < -0.4 is 15.8 Å². The van der Waals surface area contributed by atoms with Crippen LogP contribution in [0.15, 0.2) is 36.5 Å². The SMILES string of the molecule is COc1ccccc1NCc1c[nH]c(CN)c1. The molecule has 0 spiro atoms. The molecule has 0 aliphatic rings. The lowest BCUT2D eigenvalue weighted by Crippen LogP contribution is -2.00. The van der Waals surface area contributed by atoms with Gasteiger partial charge < -0.3 is 20.8 Å². The number of nitrogens with one attached hydrogen (secondary N) is 2. The Bertz CT molecular complexity index is 479. The van der Waals surface area contributed by atoms with Crippen molar-refractivity contribution >= 4 is 5.69 Å². The van der Waals surface area contributed by atoms with Crippen LogP contribution in [-0.2, 0) is 13.1 Å². The molecule has 0 bridgehead atoms. The number of aromatic nitrogens is 1. The van der Waals surface area contributed by atoms with Crippen LogP contribution in [0, 0.1) is 0 Å². The zero-order valence-corrected chi connectivity index (χ0v) is 9.86. The Kier molecular flexibility index (Phi) is 3.67. The molecule has 0 aliphatic heterocycles. The Morgan fingerprint density at radius 1 is 1.35 bits per heavy atom. The van der Waals surface area contributed by atoms with Crippen molar-refractivity contribution in [2.75, 3.05) is 12.4 Å². The van der Waals surface area contributed by atoms with Crippen LogP contribution >= 0.6 is 0 Å². The maximum absolute atomic E-state index is 5.54. The van der Waals surface area contributed by atoms with E-state index in [1.54, 1.807) is 7.11 Å². The molecule has 0 atom stereocenters. The van der Waals surface area contributed by atoms with Gasteiger partial charge in [-0.25, -0.2) is 0 Å². The minimum Gasteiger partial charge on any atom is -0.495 e. The molecule has 0 fully saturated rings. The van der Waals surface area contributed by atoms with Crippen LogP contribution in [0.5, 0.6) is 5.75 Å². The van der Waals surface area contributed by atoms with Crippen LogP contribution in [0.2, 0.25) is 0 Å². The summed E-state index contributed by atoms with van der Waals surface area (Å²) < 4.78 is 5.27. The number of para-hydroxylation sites is 2. The van der Waals surface area contributed by atoms with E-state index >= 15 is 0 Å². The molecule has 0 saturated heterocycles. The number of rotatable bonds is 5. The van der Waals surface area contributed by atoms with Crippen LogP contribution in [0.3, 0.4) is 0 Å². The maximum Gasteiger partial charge on any atom is 0.141 e. The third-order valence-corrected chi connectivity index (χ3v) is 2.61. The van der Waals surface area contributed by atoms with E-state index in [9.17, 15) is 0 Å². The van der Waals surface area contributed by atoms with E-state index in [0.29, 0.717) is 6.54 Å². The quantitative estimate of drug-likeness (QED) is 0.738. The van der Waals surface area contributed by atoms with Gasteiger partial charge in [-0.3, -0.25) is 0 Å². The van der Waals surface area contributed by atoms with Gasteiger partial charge in [0.25, 0.3) is 0 Å². The smallest absolute Gasteiger partial charge is 0.141 e. The van der Waals surface area contributed by atoms with Crippen molar-refractivity contribution in [3.05, 3.63) is 47.8 Å². The number of methoxy groups -OCH3 is 1. The molecule has 0 unspecified atom stereocenters. The topological polar surface area (TPSA) is 63.1 Å². The van der Waals surface area contributed by atoms with Crippen molar-refractivity contribution in [2.45, 2.75) is 13.1 Å². The molecule has 90 valence electrons. The minimum absolute atomic E-state index is 0.536. The minimum atomic E-state index is 0.536. The number of ether oxygens (including phenoxy) is 1. The fraction of sp³-hybridized carbons (Fsp3) is 0.231. The number of benzene rings is 1. The van der Waals surface area contributed by atoms with E-state index in [0.717, 1.165) is 23.7 Å². The maximum atomic E-state index is 5.54. The van der Waals surface area contributed by atoms with Crippen LogP contribution in [0.4, 0.5) is 5.69 Å². The molecule has 4 heteroatoms. The number of nitrogens with two attached hydrogens (primary N) is 1. The highest BCUT2D eigenvalue weighted by atomic mass is 16.5. The lowest BCUT2D eigenvalue weighted by Gasteiger charge is -2.09. The molecule has 0 radical (unpaired) electrons. The van der Waals surface area contributed by atoms with E-state index in [1.807, 2.05) is 30.5 Å². The average Bonchev–Trinajstić information content (AvgIpc) is 2.84. The standard InChI is InChI=1S/C13H17N3O/c1-17-13-5-3-2-4-12(13)16-9-10-6-11(7-14)15-8-10/h2-6,8,15-16H,7,9,14H2,1H3. The van der Waals surface area contributed by atoms with E-state index in [-0.39, 0.29) is 0 Å². The fourth-order valence-electron chi connectivity index (χ4n) is 1.70. The first-order chi connectivity index (χ1) is 8.33. The third-order valence-electron chi connectivity index (χ3n) is 2.61.